The van der Waals surface area contributed by atoms with Gasteiger partial charge in [-0.05, 0) is 19.2 Å². The minimum atomic E-state index is -0.664. The number of likely N-dealkylation sites (N-methyl/N-ethyl adjacent to an activating group) is 1. The van der Waals surface area contributed by atoms with E-state index in [1.165, 1.54) is 0 Å². The van der Waals surface area contributed by atoms with E-state index in [9.17, 15) is 5.11 Å². The van der Waals surface area contributed by atoms with Crippen molar-refractivity contribution in [1.82, 2.24) is 4.90 Å². The Morgan fingerprint density at radius 1 is 1.42 bits per heavy atom. The summed E-state index contributed by atoms with van der Waals surface area (Å²) in [6, 6.07) is 5.52. The van der Waals surface area contributed by atoms with Gasteiger partial charge in [-0.25, -0.2) is 0 Å². The third-order valence-electron chi connectivity index (χ3n) is 3.57. The molecule has 0 aliphatic carbocycles. The Kier molecular flexibility index (Phi) is 4.68. The average Bonchev–Trinajstić information content (AvgIpc) is 2.34. The predicted octanol–water partition coefficient (Wildman–Crippen LogP) is 1.90. The van der Waals surface area contributed by atoms with Gasteiger partial charge in [0.2, 0.25) is 0 Å². The van der Waals surface area contributed by atoms with Crippen LogP contribution in [0.15, 0.2) is 18.2 Å². The monoisotopic (exact) mass is 284 g/mol. The highest BCUT2D eigenvalue weighted by atomic mass is 35.5. The molecule has 5 heteroatoms. The molecule has 0 bridgehead atoms. The third-order valence-corrected chi connectivity index (χ3v) is 3.92. The molecule has 0 radical (unpaired) electrons. The summed E-state index contributed by atoms with van der Waals surface area (Å²) in [4.78, 5) is 2.06. The second-order valence-corrected chi connectivity index (χ2v) is 5.72. The first-order chi connectivity index (χ1) is 9.00. The van der Waals surface area contributed by atoms with Gasteiger partial charge in [-0.3, -0.25) is 4.90 Å². The van der Waals surface area contributed by atoms with Crippen LogP contribution in [0.2, 0.25) is 5.02 Å². The van der Waals surface area contributed by atoms with E-state index in [-0.39, 0.29) is 0 Å². The number of rotatable bonds is 4. The lowest BCUT2D eigenvalue weighted by molar-refractivity contribution is -0.0777. The SMILES string of the molecule is CN(Cc1c(N)cccc1Cl)CC1(O)CCOCC1. The molecule has 0 atom stereocenters. The molecule has 0 saturated carbocycles. The molecule has 1 fully saturated rings. The summed E-state index contributed by atoms with van der Waals surface area (Å²) in [5.41, 5.74) is 6.89. The van der Waals surface area contributed by atoms with E-state index in [0.29, 0.717) is 49.9 Å². The summed E-state index contributed by atoms with van der Waals surface area (Å²) in [6.07, 6.45) is 1.35. The standard InChI is InChI=1S/C14H21ClN2O2/c1-17(10-14(18)5-7-19-8-6-14)9-11-12(15)3-2-4-13(11)16/h2-4,18H,5-10,16H2,1H3. The molecule has 2 rings (SSSR count). The van der Waals surface area contributed by atoms with E-state index in [2.05, 4.69) is 4.90 Å². The number of hydrogen-bond donors (Lipinski definition) is 2. The van der Waals surface area contributed by atoms with Crippen molar-refractivity contribution in [2.75, 3.05) is 32.5 Å². The normalized spacial score (nSPS) is 18.7. The summed E-state index contributed by atoms with van der Waals surface area (Å²) in [5.74, 6) is 0. The minimum absolute atomic E-state index is 0.598. The van der Waals surface area contributed by atoms with Crippen LogP contribution in [0.5, 0.6) is 0 Å². The molecule has 0 aromatic heterocycles. The summed E-state index contributed by atoms with van der Waals surface area (Å²) in [5, 5.41) is 11.1. The first-order valence-electron chi connectivity index (χ1n) is 6.52. The van der Waals surface area contributed by atoms with Crippen LogP contribution in [-0.2, 0) is 11.3 Å². The van der Waals surface area contributed by atoms with Crippen molar-refractivity contribution in [3.8, 4) is 0 Å². The van der Waals surface area contributed by atoms with E-state index in [0.717, 1.165) is 5.56 Å². The minimum Gasteiger partial charge on any atom is -0.398 e. The summed E-state index contributed by atoms with van der Waals surface area (Å²) in [7, 11) is 1.97. The lowest BCUT2D eigenvalue weighted by atomic mass is 9.94. The lowest BCUT2D eigenvalue weighted by Gasteiger charge is -2.35. The van der Waals surface area contributed by atoms with Crippen molar-refractivity contribution in [2.24, 2.45) is 0 Å². The first kappa shape index (κ1) is 14.6. The highest BCUT2D eigenvalue weighted by molar-refractivity contribution is 6.31. The zero-order valence-electron chi connectivity index (χ0n) is 11.2. The number of nitrogens with two attached hydrogens (primary N) is 1. The Bertz CT molecular complexity index is 413. The fourth-order valence-electron chi connectivity index (χ4n) is 2.48. The topological polar surface area (TPSA) is 58.7 Å². The van der Waals surface area contributed by atoms with Gasteiger partial charge in [-0.15, -0.1) is 0 Å². The smallest absolute Gasteiger partial charge is 0.0817 e. The molecule has 3 N–H and O–H groups in total. The van der Waals surface area contributed by atoms with Crippen LogP contribution in [0, 0.1) is 0 Å². The third kappa shape index (κ3) is 3.83. The van der Waals surface area contributed by atoms with E-state index in [4.69, 9.17) is 22.1 Å². The van der Waals surface area contributed by atoms with E-state index >= 15 is 0 Å². The van der Waals surface area contributed by atoms with Gasteiger partial charge in [0.05, 0.1) is 5.60 Å². The van der Waals surface area contributed by atoms with Gasteiger partial charge in [-0.1, -0.05) is 17.7 Å². The molecular weight excluding hydrogens is 264 g/mol. The van der Waals surface area contributed by atoms with Gasteiger partial charge in [0.1, 0.15) is 0 Å². The zero-order chi connectivity index (χ0) is 13.9. The maximum absolute atomic E-state index is 10.5. The maximum Gasteiger partial charge on any atom is 0.0817 e. The van der Waals surface area contributed by atoms with Crippen LogP contribution in [-0.4, -0.2) is 42.4 Å². The summed E-state index contributed by atoms with van der Waals surface area (Å²) >= 11 is 6.16. The van der Waals surface area contributed by atoms with Crippen LogP contribution in [0.1, 0.15) is 18.4 Å². The lowest BCUT2D eigenvalue weighted by Crippen LogP contribution is -2.45. The van der Waals surface area contributed by atoms with Crippen molar-refractivity contribution < 1.29 is 9.84 Å². The molecule has 0 spiro atoms. The van der Waals surface area contributed by atoms with Crippen LogP contribution in [0.25, 0.3) is 0 Å². The molecule has 1 heterocycles. The molecule has 0 unspecified atom stereocenters. The number of halogens is 1. The highest BCUT2D eigenvalue weighted by Gasteiger charge is 2.31. The van der Waals surface area contributed by atoms with Crippen LogP contribution in [0.4, 0.5) is 5.69 Å². The Hall–Kier alpha value is -0.810. The molecule has 19 heavy (non-hydrogen) atoms. The van der Waals surface area contributed by atoms with E-state index in [1.807, 2.05) is 25.2 Å². The molecule has 1 aliphatic rings. The Morgan fingerprint density at radius 3 is 2.74 bits per heavy atom. The molecule has 4 nitrogen and oxygen atoms in total. The molecular formula is C14H21ClN2O2. The first-order valence-corrected chi connectivity index (χ1v) is 6.89. The largest absolute Gasteiger partial charge is 0.398 e. The van der Waals surface area contributed by atoms with Crippen LogP contribution in [0.3, 0.4) is 0 Å². The van der Waals surface area contributed by atoms with Crippen LogP contribution < -0.4 is 5.73 Å². The van der Waals surface area contributed by atoms with Gasteiger partial charge in [0, 0.05) is 55.4 Å². The summed E-state index contributed by atoms with van der Waals surface area (Å²) < 4.78 is 5.28. The molecule has 106 valence electrons. The van der Waals surface area contributed by atoms with Crippen molar-refractivity contribution in [1.29, 1.82) is 0 Å². The fraction of sp³-hybridized carbons (Fsp3) is 0.571. The second kappa shape index (κ2) is 6.09. The summed E-state index contributed by atoms with van der Waals surface area (Å²) in [6.45, 7) is 2.48. The van der Waals surface area contributed by atoms with Crippen molar-refractivity contribution in [3.05, 3.63) is 28.8 Å². The zero-order valence-corrected chi connectivity index (χ0v) is 12.0. The Labute approximate surface area is 119 Å². The van der Waals surface area contributed by atoms with Crippen molar-refractivity contribution >= 4 is 17.3 Å². The number of ether oxygens (including phenoxy) is 1. The van der Waals surface area contributed by atoms with Gasteiger partial charge >= 0.3 is 0 Å². The van der Waals surface area contributed by atoms with E-state index < -0.39 is 5.60 Å². The number of hydrogen-bond acceptors (Lipinski definition) is 4. The average molecular weight is 285 g/mol. The number of nitrogens with zero attached hydrogens (tertiary/aromatic N) is 1. The van der Waals surface area contributed by atoms with Crippen LogP contribution >= 0.6 is 11.6 Å². The number of benzene rings is 1. The Balaban J connectivity index is 1.99. The van der Waals surface area contributed by atoms with Gasteiger partial charge in [-0.2, -0.15) is 0 Å². The molecule has 1 aliphatic heterocycles. The number of anilines is 1. The predicted molar refractivity (Wildman–Crippen MR) is 77.2 cm³/mol. The second-order valence-electron chi connectivity index (χ2n) is 5.32. The molecule has 1 aromatic rings. The fourth-order valence-corrected chi connectivity index (χ4v) is 2.72. The van der Waals surface area contributed by atoms with Gasteiger partial charge in [0.25, 0.3) is 0 Å². The van der Waals surface area contributed by atoms with Crippen molar-refractivity contribution in [2.45, 2.75) is 25.0 Å². The quantitative estimate of drug-likeness (QED) is 0.829. The Morgan fingerprint density at radius 2 is 2.11 bits per heavy atom. The van der Waals surface area contributed by atoms with Gasteiger partial charge in [0.15, 0.2) is 0 Å². The molecule has 1 aromatic carbocycles. The number of aliphatic hydroxyl groups is 1. The van der Waals surface area contributed by atoms with Crippen molar-refractivity contribution in [3.63, 3.8) is 0 Å². The maximum atomic E-state index is 10.5. The van der Waals surface area contributed by atoms with E-state index in [1.54, 1.807) is 0 Å². The number of nitrogen functional groups attached to an aromatic ring is 1. The highest BCUT2D eigenvalue weighted by Crippen LogP contribution is 2.26. The van der Waals surface area contributed by atoms with Gasteiger partial charge < -0.3 is 15.6 Å². The molecule has 0 amide bonds. The molecule has 1 saturated heterocycles.